The molecule has 3 aromatic rings. The summed E-state index contributed by atoms with van der Waals surface area (Å²) in [6.45, 7) is 18.6. The molecule has 0 atom stereocenters. The monoisotopic (exact) mass is 460 g/mol. The molecular weight excluding hydrogens is 420 g/mol. The highest BCUT2D eigenvalue weighted by molar-refractivity contribution is 5.55. The first-order valence-corrected chi connectivity index (χ1v) is 12.1. The van der Waals surface area contributed by atoms with Crippen LogP contribution in [0.3, 0.4) is 0 Å². The van der Waals surface area contributed by atoms with E-state index in [1.54, 1.807) is 0 Å². The Morgan fingerprint density at radius 3 is 1.21 bits per heavy atom. The number of aromatic hydroxyl groups is 3. The fraction of sp³-hybridized carbons (Fsp3) is 0.419. The zero-order valence-electron chi connectivity index (χ0n) is 22.2. The Balaban J connectivity index is 2.04. The van der Waals surface area contributed by atoms with Gasteiger partial charge in [0, 0.05) is 24.0 Å². The van der Waals surface area contributed by atoms with E-state index in [1.807, 2.05) is 57.2 Å². The van der Waals surface area contributed by atoms with Crippen LogP contribution in [0.5, 0.6) is 17.2 Å². The average Bonchev–Trinajstić information content (AvgIpc) is 2.67. The molecule has 0 aliphatic rings. The van der Waals surface area contributed by atoms with Crippen LogP contribution in [0.1, 0.15) is 91.6 Å². The summed E-state index contributed by atoms with van der Waals surface area (Å²) in [5, 5.41) is 33.4. The Labute approximate surface area is 205 Å². The summed E-state index contributed by atoms with van der Waals surface area (Å²) in [6, 6.07) is 11.9. The van der Waals surface area contributed by atoms with Gasteiger partial charge in [-0.1, -0.05) is 83.5 Å². The minimum Gasteiger partial charge on any atom is -0.507 e. The van der Waals surface area contributed by atoms with E-state index in [2.05, 4.69) is 41.5 Å². The van der Waals surface area contributed by atoms with E-state index >= 15 is 0 Å². The second-order valence-electron chi connectivity index (χ2n) is 11.8. The van der Waals surface area contributed by atoms with Crippen LogP contribution >= 0.6 is 0 Å². The topological polar surface area (TPSA) is 60.7 Å². The van der Waals surface area contributed by atoms with Crippen molar-refractivity contribution >= 4 is 0 Å². The predicted octanol–water partition coefficient (Wildman–Crippen LogP) is 7.51. The third-order valence-electron chi connectivity index (χ3n) is 6.61. The van der Waals surface area contributed by atoms with Gasteiger partial charge in [0.05, 0.1) is 0 Å². The van der Waals surface area contributed by atoms with Crippen LogP contribution in [0.4, 0.5) is 0 Å². The van der Waals surface area contributed by atoms with E-state index in [0.29, 0.717) is 24.3 Å². The van der Waals surface area contributed by atoms with Gasteiger partial charge in [-0.05, 0) is 65.0 Å². The van der Waals surface area contributed by atoms with Crippen molar-refractivity contribution in [2.24, 2.45) is 0 Å². The fourth-order valence-corrected chi connectivity index (χ4v) is 5.26. The summed E-state index contributed by atoms with van der Waals surface area (Å²) in [4.78, 5) is 0. The van der Waals surface area contributed by atoms with Crippen LogP contribution in [0.25, 0.3) is 0 Å². The predicted molar refractivity (Wildman–Crippen MR) is 142 cm³/mol. The second kappa shape index (κ2) is 9.02. The lowest BCUT2D eigenvalue weighted by molar-refractivity contribution is 0.437. The molecule has 0 heterocycles. The SMILES string of the molecule is Cc1cc(Cc2ccc(C)c(C(C)(C)C)c2O)c(O)c(Cc2ccc(C)c(C(C)(C)C)c2O)c1. The van der Waals surface area contributed by atoms with Gasteiger partial charge in [0.2, 0.25) is 0 Å². The highest BCUT2D eigenvalue weighted by Gasteiger charge is 2.25. The van der Waals surface area contributed by atoms with Crippen molar-refractivity contribution < 1.29 is 15.3 Å². The molecular formula is C31H40O3. The molecule has 0 saturated carbocycles. The number of rotatable bonds is 4. The Hall–Kier alpha value is -2.94. The quantitative estimate of drug-likeness (QED) is 0.378. The maximum atomic E-state index is 11.2. The summed E-state index contributed by atoms with van der Waals surface area (Å²) in [5.74, 6) is 0.835. The smallest absolute Gasteiger partial charge is 0.123 e. The lowest BCUT2D eigenvalue weighted by Crippen LogP contribution is -2.14. The molecule has 3 aromatic carbocycles. The third-order valence-corrected chi connectivity index (χ3v) is 6.61. The number of phenolic OH excluding ortho intramolecular Hbond substituents is 3. The zero-order chi connectivity index (χ0) is 25.6. The van der Waals surface area contributed by atoms with Gasteiger partial charge in [0.1, 0.15) is 17.2 Å². The number of aryl methyl sites for hydroxylation is 3. The van der Waals surface area contributed by atoms with E-state index < -0.39 is 0 Å². The average molecular weight is 461 g/mol. The molecule has 3 heteroatoms. The molecule has 3 rings (SSSR count). The summed E-state index contributed by atoms with van der Waals surface area (Å²) in [7, 11) is 0. The molecule has 0 aromatic heterocycles. The van der Waals surface area contributed by atoms with Crippen molar-refractivity contribution in [3.63, 3.8) is 0 Å². The molecule has 0 aliphatic heterocycles. The summed E-state index contributed by atoms with van der Waals surface area (Å²) < 4.78 is 0. The van der Waals surface area contributed by atoms with Gasteiger partial charge in [0.25, 0.3) is 0 Å². The minimum atomic E-state index is -0.183. The maximum Gasteiger partial charge on any atom is 0.123 e. The standard InChI is InChI=1S/C31H40O3/c1-18-14-23(16-21-12-10-19(2)25(28(21)33)30(4,5)6)27(32)24(15-18)17-22-13-11-20(3)26(29(22)34)31(7,8)9/h10-15,32-34H,16-17H2,1-9H3. The van der Waals surface area contributed by atoms with Crippen molar-refractivity contribution in [1.29, 1.82) is 0 Å². The molecule has 34 heavy (non-hydrogen) atoms. The van der Waals surface area contributed by atoms with E-state index in [0.717, 1.165) is 50.1 Å². The first-order chi connectivity index (χ1) is 15.6. The molecule has 0 amide bonds. The molecule has 3 nitrogen and oxygen atoms in total. The van der Waals surface area contributed by atoms with E-state index in [4.69, 9.17) is 0 Å². The van der Waals surface area contributed by atoms with Crippen LogP contribution in [-0.4, -0.2) is 15.3 Å². The van der Waals surface area contributed by atoms with Gasteiger partial charge in [0.15, 0.2) is 0 Å². The van der Waals surface area contributed by atoms with Gasteiger partial charge in [-0.2, -0.15) is 0 Å². The van der Waals surface area contributed by atoms with Crippen LogP contribution in [0.2, 0.25) is 0 Å². The van der Waals surface area contributed by atoms with E-state index in [9.17, 15) is 15.3 Å². The van der Waals surface area contributed by atoms with Crippen molar-refractivity contribution in [2.45, 2.75) is 86.0 Å². The number of benzene rings is 3. The summed E-state index contributed by atoms with van der Waals surface area (Å²) in [5.41, 5.74) is 7.83. The highest BCUT2D eigenvalue weighted by atomic mass is 16.3. The van der Waals surface area contributed by atoms with Crippen molar-refractivity contribution in [3.05, 3.63) is 86.5 Å². The summed E-state index contributed by atoms with van der Waals surface area (Å²) in [6.07, 6.45) is 0.867. The van der Waals surface area contributed by atoms with Crippen molar-refractivity contribution in [1.82, 2.24) is 0 Å². The lowest BCUT2D eigenvalue weighted by atomic mass is 9.81. The number of hydrogen-bond acceptors (Lipinski definition) is 3. The van der Waals surface area contributed by atoms with Crippen LogP contribution in [0, 0.1) is 20.8 Å². The molecule has 0 saturated heterocycles. The first kappa shape index (κ1) is 25.7. The fourth-order valence-electron chi connectivity index (χ4n) is 5.26. The van der Waals surface area contributed by atoms with Crippen LogP contribution in [0.15, 0.2) is 36.4 Å². The number of phenols is 3. The summed E-state index contributed by atoms with van der Waals surface area (Å²) >= 11 is 0. The molecule has 0 unspecified atom stereocenters. The largest absolute Gasteiger partial charge is 0.507 e. The van der Waals surface area contributed by atoms with Crippen molar-refractivity contribution in [2.75, 3.05) is 0 Å². The molecule has 0 fully saturated rings. The van der Waals surface area contributed by atoms with Gasteiger partial charge in [-0.3, -0.25) is 0 Å². The van der Waals surface area contributed by atoms with Gasteiger partial charge in [-0.25, -0.2) is 0 Å². The van der Waals surface area contributed by atoms with Gasteiger partial charge < -0.3 is 15.3 Å². The lowest BCUT2D eigenvalue weighted by Gasteiger charge is -2.25. The van der Waals surface area contributed by atoms with Crippen LogP contribution in [-0.2, 0) is 23.7 Å². The Morgan fingerprint density at radius 2 is 0.882 bits per heavy atom. The van der Waals surface area contributed by atoms with Crippen LogP contribution < -0.4 is 0 Å². The maximum absolute atomic E-state index is 11.2. The number of hydrogen-bond donors (Lipinski definition) is 3. The zero-order valence-corrected chi connectivity index (χ0v) is 22.2. The highest BCUT2D eigenvalue weighted by Crippen LogP contribution is 2.40. The second-order valence-corrected chi connectivity index (χ2v) is 11.8. The molecule has 182 valence electrons. The normalized spacial score (nSPS) is 12.3. The minimum absolute atomic E-state index is 0.183. The molecule has 3 N–H and O–H groups in total. The Morgan fingerprint density at radius 1 is 0.529 bits per heavy atom. The Kier molecular flexibility index (Phi) is 6.81. The molecule has 0 bridgehead atoms. The molecule has 0 radical (unpaired) electrons. The molecule has 0 spiro atoms. The van der Waals surface area contributed by atoms with E-state index in [-0.39, 0.29) is 16.6 Å². The van der Waals surface area contributed by atoms with Gasteiger partial charge in [-0.15, -0.1) is 0 Å². The van der Waals surface area contributed by atoms with E-state index in [1.165, 1.54) is 0 Å². The van der Waals surface area contributed by atoms with Crippen molar-refractivity contribution in [3.8, 4) is 17.2 Å². The van der Waals surface area contributed by atoms with Gasteiger partial charge >= 0.3 is 0 Å². The Bertz CT molecular complexity index is 1130. The molecule has 0 aliphatic carbocycles. The third kappa shape index (κ3) is 5.09. The first-order valence-electron chi connectivity index (χ1n) is 12.1.